The number of ether oxygens (including phenoxy) is 1. The molecule has 1 aromatic rings. The number of carbonyl (C=O) groups is 1. The largest absolute Gasteiger partial charge is 0.491 e. The number of para-hydroxylation sites is 1. The van der Waals surface area contributed by atoms with Gasteiger partial charge in [0.2, 0.25) is 5.91 Å². The molecule has 30 heavy (non-hydrogen) atoms. The first-order valence-electron chi connectivity index (χ1n) is 10.7. The van der Waals surface area contributed by atoms with Gasteiger partial charge in [0.25, 0.3) is 5.09 Å². The molecule has 8 heteroatoms. The summed E-state index contributed by atoms with van der Waals surface area (Å²) in [6, 6.07) is 7.97. The van der Waals surface area contributed by atoms with E-state index in [-0.39, 0.29) is 38.5 Å². The quantitative estimate of drug-likeness (QED) is 0.331. The van der Waals surface area contributed by atoms with Crippen LogP contribution >= 0.6 is 0 Å². The summed E-state index contributed by atoms with van der Waals surface area (Å²) in [6.45, 7) is 5.77. The maximum absolute atomic E-state index is 12.6. The molecule has 2 rings (SSSR count). The molecule has 8 nitrogen and oxygen atoms in total. The van der Waals surface area contributed by atoms with Gasteiger partial charge in [-0.25, -0.2) is 0 Å². The summed E-state index contributed by atoms with van der Waals surface area (Å²) in [4.78, 5) is 28.7. The molecule has 0 aliphatic heterocycles. The zero-order chi connectivity index (χ0) is 22.1. The van der Waals surface area contributed by atoms with Gasteiger partial charge in [-0.3, -0.25) is 4.79 Å². The van der Waals surface area contributed by atoms with Gasteiger partial charge in [0.15, 0.2) is 0 Å². The van der Waals surface area contributed by atoms with Crippen molar-refractivity contribution in [1.29, 1.82) is 0 Å². The van der Waals surface area contributed by atoms with Gasteiger partial charge in [0.05, 0.1) is 13.2 Å². The number of aliphatic hydroxyl groups excluding tert-OH is 1. The number of hydrogen-bond donors (Lipinski definition) is 1. The predicted octanol–water partition coefficient (Wildman–Crippen LogP) is 3.70. The summed E-state index contributed by atoms with van der Waals surface area (Å²) in [6.07, 6.45) is 4.30. The standard InChI is InChI=1S/C22H34N2O6/c1-22(2,3)23(21(26)13-8-14-30-24(27)28)15-18(25)16-29-20-12-7-6-11-19(20)17-9-4-5-10-17/h6-7,11-12,17-18,25H,4-5,8-10,13-16H2,1-3H3/t18-/m0/s1. The molecule has 0 saturated heterocycles. The van der Waals surface area contributed by atoms with Crippen LogP contribution in [-0.2, 0) is 9.63 Å². The number of β-amino-alcohol motifs (C(OH)–C–C–N with tert-alkyl or cyclic N) is 1. The minimum absolute atomic E-state index is 0.0913. The fourth-order valence-electron chi connectivity index (χ4n) is 3.88. The SMILES string of the molecule is CC(C)(C)N(C[C@H](O)COc1ccccc1C1CCCC1)C(=O)CCCO[N+](=O)[O-]. The molecular weight excluding hydrogens is 388 g/mol. The zero-order valence-electron chi connectivity index (χ0n) is 18.2. The fourth-order valence-corrected chi connectivity index (χ4v) is 3.88. The number of hydrogen-bond acceptors (Lipinski definition) is 6. The van der Waals surface area contributed by atoms with Gasteiger partial charge in [0, 0.05) is 12.0 Å². The van der Waals surface area contributed by atoms with Crippen LogP contribution in [0.15, 0.2) is 24.3 Å². The average molecular weight is 423 g/mol. The van der Waals surface area contributed by atoms with E-state index in [2.05, 4.69) is 10.9 Å². The summed E-state index contributed by atoms with van der Waals surface area (Å²) in [5, 5.41) is 19.9. The molecule has 0 radical (unpaired) electrons. The third-order valence-corrected chi connectivity index (χ3v) is 5.38. The molecule has 0 heterocycles. The van der Waals surface area contributed by atoms with Crippen molar-refractivity contribution in [3.05, 3.63) is 39.9 Å². The van der Waals surface area contributed by atoms with Gasteiger partial charge < -0.3 is 19.6 Å². The molecule has 1 N–H and O–H groups in total. The molecule has 1 saturated carbocycles. The number of aliphatic hydroxyl groups is 1. The van der Waals surface area contributed by atoms with Crippen LogP contribution in [0, 0.1) is 10.1 Å². The van der Waals surface area contributed by atoms with E-state index in [9.17, 15) is 20.0 Å². The molecule has 0 bridgehead atoms. The van der Waals surface area contributed by atoms with E-state index < -0.39 is 16.7 Å². The Hall–Kier alpha value is -2.35. The van der Waals surface area contributed by atoms with Crippen LogP contribution in [-0.4, -0.2) is 52.4 Å². The van der Waals surface area contributed by atoms with Crippen LogP contribution in [0.2, 0.25) is 0 Å². The lowest BCUT2D eigenvalue weighted by atomic mass is 9.97. The number of carbonyl (C=O) groups excluding carboxylic acids is 1. The van der Waals surface area contributed by atoms with E-state index in [1.165, 1.54) is 18.4 Å². The van der Waals surface area contributed by atoms with E-state index in [0.717, 1.165) is 18.6 Å². The highest BCUT2D eigenvalue weighted by molar-refractivity contribution is 5.77. The summed E-state index contributed by atoms with van der Waals surface area (Å²) < 4.78 is 5.95. The lowest BCUT2D eigenvalue weighted by molar-refractivity contribution is -0.757. The Labute approximate surface area is 178 Å². The normalized spacial score (nSPS) is 15.6. The summed E-state index contributed by atoms with van der Waals surface area (Å²) in [5.74, 6) is 1.13. The Morgan fingerprint density at radius 2 is 1.97 bits per heavy atom. The smallest absolute Gasteiger partial charge is 0.294 e. The minimum atomic E-state index is -0.865. The second-order valence-corrected chi connectivity index (χ2v) is 8.82. The van der Waals surface area contributed by atoms with E-state index in [0.29, 0.717) is 5.92 Å². The predicted molar refractivity (Wildman–Crippen MR) is 113 cm³/mol. The first-order chi connectivity index (χ1) is 14.2. The first-order valence-corrected chi connectivity index (χ1v) is 10.7. The number of nitrogens with zero attached hydrogens (tertiary/aromatic N) is 2. The maximum atomic E-state index is 12.6. The third kappa shape index (κ3) is 7.48. The van der Waals surface area contributed by atoms with Gasteiger partial charge in [-0.1, -0.05) is 31.0 Å². The molecule has 0 aromatic heterocycles. The lowest BCUT2D eigenvalue weighted by Gasteiger charge is -2.37. The van der Waals surface area contributed by atoms with Gasteiger partial charge in [-0.2, -0.15) is 0 Å². The Morgan fingerprint density at radius 1 is 1.30 bits per heavy atom. The first kappa shape index (κ1) is 23.9. The van der Waals surface area contributed by atoms with Crippen molar-refractivity contribution in [1.82, 2.24) is 4.90 Å². The molecule has 0 spiro atoms. The Bertz CT molecular complexity index is 697. The maximum Gasteiger partial charge on any atom is 0.294 e. The van der Waals surface area contributed by atoms with Crippen LogP contribution in [0.5, 0.6) is 5.75 Å². The number of amides is 1. The Kier molecular flexibility index (Phi) is 8.89. The second kappa shape index (κ2) is 11.2. The fraction of sp³-hybridized carbons (Fsp3) is 0.682. The molecular formula is C22H34N2O6. The monoisotopic (exact) mass is 422 g/mol. The van der Waals surface area contributed by atoms with Crippen LogP contribution in [0.25, 0.3) is 0 Å². The highest BCUT2D eigenvalue weighted by Gasteiger charge is 2.28. The van der Waals surface area contributed by atoms with Crippen LogP contribution in [0.3, 0.4) is 0 Å². The second-order valence-electron chi connectivity index (χ2n) is 8.82. The Morgan fingerprint density at radius 3 is 2.60 bits per heavy atom. The molecule has 168 valence electrons. The van der Waals surface area contributed by atoms with Crippen molar-refractivity contribution in [2.45, 2.75) is 76.9 Å². The lowest BCUT2D eigenvalue weighted by Crippen LogP contribution is -2.50. The highest BCUT2D eigenvalue weighted by Crippen LogP contribution is 2.38. The molecule has 1 aliphatic carbocycles. The molecule has 1 fully saturated rings. The van der Waals surface area contributed by atoms with Crippen molar-refractivity contribution < 1.29 is 24.6 Å². The minimum Gasteiger partial charge on any atom is -0.491 e. The molecule has 1 amide bonds. The Balaban J connectivity index is 1.91. The molecule has 1 aromatic carbocycles. The van der Waals surface area contributed by atoms with E-state index in [1.807, 2.05) is 39.0 Å². The van der Waals surface area contributed by atoms with E-state index in [4.69, 9.17) is 4.74 Å². The summed E-state index contributed by atoms with van der Waals surface area (Å²) >= 11 is 0. The number of benzene rings is 1. The van der Waals surface area contributed by atoms with Gasteiger partial charge in [0.1, 0.15) is 18.5 Å². The third-order valence-electron chi connectivity index (χ3n) is 5.38. The van der Waals surface area contributed by atoms with Crippen LogP contribution in [0.4, 0.5) is 0 Å². The summed E-state index contributed by atoms with van der Waals surface area (Å²) in [7, 11) is 0. The van der Waals surface area contributed by atoms with Crippen molar-refractivity contribution in [3.63, 3.8) is 0 Å². The van der Waals surface area contributed by atoms with Gasteiger partial charge in [-0.15, -0.1) is 10.1 Å². The van der Waals surface area contributed by atoms with Crippen molar-refractivity contribution >= 4 is 5.91 Å². The highest BCUT2D eigenvalue weighted by atomic mass is 16.9. The van der Waals surface area contributed by atoms with E-state index in [1.54, 1.807) is 4.90 Å². The van der Waals surface area contributed by atoms with Crippen LogP contribution < -0.4 is 4.74 Å². The van der Waals surface area contributed by atoms with Crippen molar-refractivity contribution in [3.8, 4) is 5.75 Å². The van der Waals surface area contributed by atoms with E-state index >= 15 is 0 Å². The van der Waals surface area contributed by atoms with Gasteiger partial charge in [-0.05, 0) is 57.6 Å². The summed E-state index contributed by atoms with van der Waals surface area (Å²) in [5.41, 5.74) is 0.695. The van der Waals surface area contributed by atoms with Gasteiger partial charge >= 0.3 is 0 Å². The van der Waals surface area contributed by atoms with Crippen molar-refractivity contribution in [2.24, 2.45) is 0 Å². The molecule has 1 atom stereocenters. The topological polar surface area (TPSA) is 102 Å². The van der Waals surface area contributed by atoms with Crippen LogP contribution in [0.1, 0.15) is 70.8 Å². The molecule has 0 unspecified atom stereocenters. The van der Waals surface area contributed by atoms with Crippen molar-refractivity contribution in [2.75, 3.05) is 19.8 Å². The number of rotatable bonds is 11. The zero-order valence-corrected chi connectivity index (χ0v) is 18.2. The average Bonchev–Trinajstić information content (AvgIpc) is 3.21. The molecule has 1 aliphatic rings.